The second-order valence-corrected chi connectivity index (χ2v) is 7.54. The highest BCUT2D eigenvalue weighted by Gasteiger charge is 2.12. The van der Waals surface area contributed by atoms with E-state index in [1.54, 1.807) is 0 Å². The summed E-state index contributed by atoms with van der Waals surface area (Å²) in [7, 11) is 0. The van der Waals surface area contributed by atoms with Gasteiger partial charge in [0.05, 0.1) is 11.7 Å². The fourth-order valence-electron chi connectivity index (χ4n) is 1.94. The van der Waals surface area contributed by atoms with Gasteiger partial charge in [0.15, 0.2) is 0 Å². The average Bonchev–Trinajstić information content (AvgIpc) is 2.82. The third-order valence-electron chi connectivity index (χ3n) is 3.00. The first kappa shape index (κ1) is 15.1. The van der Waals surface area contributed by atoms with Crippen molar-refractivity contribution in [3.8, 4) is 0 Å². The van der Waals surface area contributed by atoms with E-state index in [-0.39, 0.29) is 0 Å². The van der Waals surface area contributed by atoms with Gasteiger partial charge in [-0.25, -0.2) is 0 Å². The van der Waals surface area contributed by atoms with Crippen LogP contribution in [0.2, 0.25) is 0 Å². The van der Waals surface area contributed by atoms with Crippen molar-refractivity contribution >= 4 is 48.9 Å². The first-order chi connectivity index (χ1) is 9.01. The average molecular weight is 403 g/mol. The zero-order valence-electron chi connectivity index (χ0n) is 11.3. The molecule has 4 heteroatoms. The van der Waals surface area contributed by atoms with Crippen molar-refractivity contribution in [2.45, 2.75) is 33.2 Å². The molecular formula is C15H17Br2NS. The molecule has 0 saturated carbocycles. The van der Waals surface area contributed by atoms with Crippen molar-refractivity contribution in [1.82, 2.24) is 0 Å². The van der Waals surface area contributed by atoms with Crippen LogP contribution in [-0.4, -0.2) is 0 Å². The Morgan fingerprint density at radius 1 is 1.21 bits per heavy atom. The van der Waals surface area contributed by atoms with Gasteiger partial charge in [0.25, 0.3) is 0 Å². The monoisotopic (exact) mass is 401 g/mol. The number of nitrogens with one attached hydrogen (secondary N) is 1. The zero-order valence-corrected chi connectivity index (χ0v) is 15.2. The number of anilines is 1. The second kappa shape index (κ2) is 6.42. The Labute approximate surface area is 135 Å². The molecule has 1 atom stereocenters. The lowest BCUT2D eigenvalue weighted by atomic mass is 10.2. The number of hydrogen-bond acceptors (Lipinski definition) is 2. The maximum atomic E-state index is 3.63. The molecule has 1 nitrogen and oxygen atoms in total. The summed E-state index contributed by atoms with van der Waals surface area (Å²) in [6, 6.07) is 9.01. The van der Waals surface area contributed by atoms with Gasteiger partial charge in [-0.05, 0) is 82.0 Å². The highest BCUT2D eigenvalue weighted by Crippen LogP contribution is 2.35. The normalized spacial score (nSPS) is 12.5. The lowest BCUT2D eigenvalue weighted by Gasteiger charge is -2.17. The van der Waals surface area contributed by atoms with E-state index in [0.717, 1.165) is 21.1 Å². The highest BCUT2D eigenvalue weighted by atomic mass is 79.9. The summed E-state index contributed by atoms with van der Waals surface area (Å²) in [4.78, 5) is 2.81. The Kier molecular flexibility index (Phi) is 5.09. The zero-order chi connectivity index (χ0) is 14.0. The Morgan fingerprint density at radius 3 is 2.37 bits per heavy atom. The second-order valence-electron chi connectivity index (χ2n) is 4.63. The fourth-order valence-corrected chi connectivity index (χ4v) is 4.54. The predicted octanol–water partition coefficient (Wildman–Crippen LogP) is 6.32. The van der Waals surface area contributed by atoms with Gasteiger partial charge >= 0.3 is 0 Å². The van der Waals surface area contributed by atoms with Crippen LogP contribution in [-0.2, 0) is 6.42 Å². The topological polar surface area (TPSA) is 12.0 Å². The van der Waals surface area contributed by atoms with Gasteiger partial charge in [0.2, 0.25) is 0 Å². The summed E-state index contributed by atoms with van der Waals surface area (Å²) in [5.41, 5.74) is 2.35. The SMILES string of the molecule is CCc1ccc(C(C)Nc2c(Br)cc(C)cc2Br)s1. The summed E-state index contributed by atoms with van der Waals surface area (Å²) in [5.74, 6) is 0. The van der Waals surface area contributed by atoms with Crippen LogP contribution in [0.3, 0.4) is 0 Å². The molecule has 0 aliphatic heterocycles. The fraction of sp³-hybridized carbons (Fsp3) is 0.333. The molecule has 0 spiro atoms. The molecule has 1 N–H and O–H groups in total. The van der Waals surface area contributed by atoms with Crippen molar-refractivity contribution in [1.29, 1.82) is 0 Å². The molecule has 0 fully saturated rings. The summed E-state index contributed by atoms with van der Waals surface area (Å²) in [5, 5.41) is 3.58. The van der Waals surface area contributed by atoms with Crippen molar-refractivity contribution in [3.05, 3.63) is 48.5 Å². The van der Waals surface area contributed by atoms with Crippen LogP contribution < -0.4 is 5.32 Å². The Balaban J connectivity index is 2.21. The minimum atomic E-state index is 0.306. The van der Waals surface area contributed by atoms with E-state index in [1.807, 2.05) is 11.3 Å². The molecule has 0 saturated heterocycles. The molecule has 0 aliphatic rings. The molecule has 2 aromatic rings. The van der Waals surface area contributed by atoms with Crippen molar-refractivity contribution in [3.63, 3.8) is 0 Å². The Morgan fingerprint density at radius 2 is 1.84 bits per heavy atom. The standard InChI is InChI=1S/C15H17Br2NS/c1-4-11-5-6-14(19-11)10(3)18-15-12(16)7-9(2)8-13(15)17/h5-8,10,18H,4H2,1-3H3. The number of aryl methyl sites for hydroxylation is 2. The van der Waals surface area contributed by atoms with E-state index < -0.39 is 0 Å². The van der Waals surface area contributed by atoms with E-state index in [1.165, 1.54) is 15.3 Å². The van der Waals surface area contributed by atoms with Gasteiger partial charge in [-0.2, -0.15) is 0 Å². The summed E-state index contributed by atoms with van der Waals surface area (Å²) >= 11 is 9.14. The molecule has 0 aliphatic carbocycles. The van der Waals surface area contributed by atoms with Crippen LogP contribution >= 0.6 is 43.2 Å². The number of benzene rings is 1. The van der Waals surface area contributed by atoms with Crippen LogP contribution in [0.25, 0.3) is 0 Å². The van der Waals surface area contributed by atoms with E-state index in [4.69, 9.17) is 0 Å². The third-order valence-corrected chi connectivity index (χ3v) is 5.67. The maximum Gasteiger partial charge on any atom is 0.0634 e. The molecule has 1 aromatic heterocycles. The maximum absolute atomic E-state index is 3.63. The van der Waals surface area contributed by atoms with E-state index in [0.29, 0.717) is 6.04 Å². The summed E-state index contributed by atoms with van der Waals surface area (Å²) in [6.07, 6.45) is 1.11. The van der Waals surface area contributed by atoms with Gasteiger partial charge in [-0.1, -0.05) is 6.92 Å². The van der Waals surface area contributed by atoms with Gasteiger partial charge in [-0.15, -0.1) is 11.3 Å². The Hall–Kier alpha value is -0.320. The van der Waals surface area contributed by atoms with E-state index in [2.05, 4.69) is 82.2 Å². The number of hydrogen-bond donors (Lipinski definition) is 1. The molecule has 19 heavy (non-hydrogen) atoms. The van der Waals surface area contributed by atoms with Crippen molar-refractivity contribution in [2.75, 3.05) is 5.32 Å². The van der Waals surface area contributed by atoms with Crippen molar-refractivity contribution in [2.24, 2.45) is 0 Å². The lowest BCUT2D eigenvalue weighted by Crippen LogP contribution is -2.06. The summed E-state index contributed by atoms with van der Waals surface area (Å²) < 4.78 is 2.19. The van der Waals surface area contributed by atoms with E-state index >= 15 is 0 Å². The molecule has 0 bridgehead atoms. The minimum Gasteiger partial charge on any atom is -0.376 e. The van der Waals surface area contributed by atoms with Crippen LogP contribution in [0.4, 0.5) is 5.69 Å². The number of rotatable bonds is 4. The molecule has 0 amide bonds. The van der Waals surface area contributed by atoms with Gasteiger partial charge in [0.1, 0.15) is 0 Å². The van der Waals surface area contributed by atoms with Gasteiger partial charge in [-0.3, -0.25) is 0 Å². The molecule has 102 valence electrons. The molecular weight excluding hydrogens is 386 g/mol. The third kappa shape index (κ3) is 3.61. The smallest absolute Gasteiger partial charge is 0.0634 e. The first-order valence-corrected chi connectivity index (χ1v) is 8.72. The van der Waals surface area contributed by atoms with Crippen LogP contribution in [0.1, 0.15) is 35.2 Å². The lowest BCUT2D eigenvalue weighted by molar-refractivity contribution is 0.905. The van der Waals surface area contributed by atoms with Gasteiger partial charge < -0.3 is 5.32 Å². The van der Waals surface area contributed by atoms with Gasteiger partial charge in [0, 0.05) is 18.7 Å². The van der Waals surface area contributed by atoms with Crippen LogP contribution in [0, 0.1) is 6.92 Å². The number of halogens is 2. The van der Waals surface area contributed by atoms with Crippen LogP contribution in [0.5, 0.6) is 0 Å². The van der Waals surface area contributed by atoms with E-state index in [9.17, 15) is 0 Å². The molecule has 1 unspecified atom stereocenters. The first-order valence-electron chi connectivity index (χ1n) is 6.32. The summed E-state index contributed by atoms with van der Waals surface area (Å²) in [6.45, 7) is 6.49. The number of thiophene rings is 1. The molecule has 2 rings (SSSR count). The molecule has 0 radical (unpaired) electrons. The van der Waals surface area contributed by atoms with Crippen molar-refractivity contribution < 1.29 is 0 Å². The van der Waals surface area contributed by atoms with Crippen LogP contribution in [0.15, 0.2) is 33.2 Å². The quantitative estimate of drug-likeness (QED) is 0.630. The molecule has 1 aromatic carbocycles. The highest BCUT2D eigenvalue weighted by molar-refractivity contribution is 9.11. The predicted molar refractivity (Wildman–Crippen MR) is 92.3 cm³/mol. The minimum absolute atomic E-state index is 0.306. The largest absolute Gasteiger partial charge is 0.376 e. The Bertz CT molecular complexity index is 554. The molecule has 1 heterocycles.